The van der Waals surface area contributed by atoms with Gasteiger partial charge in [0.1, 0.15) is 6.04 Å². The standard InChI is InChI=1S/C23H18BrN3O3/c24-16-12-10-15(11-13-16)23(30)27-19-9-5-4-8-18(19)26-22(29)20(27)14-21(28)25-17-6-2-1-3-7-17/h1-13,20H,14H2,(H,25,28)(H,26,29)/t20-/m0/s1. The second kappa shape index (κ2) is 8.51. The van der Waals surface area contributed by atoms with Gasteiger partial charge >= 0.3 is 0 Å². The predicted molar refractivity (Wildman–Crippen MR) is 119 cm³/mol. The molecule has 30 heavy (non-hydrogen) atoms. The number of anilines is 3. The van der Waals surface area contributed by atoms with Gasteiger partial charge in [0.15, 0.2) is 0 Å². The number of amides is 3. The maximum atomic E-state index is 13.4. The topological polar surface area (TPSA) is 78.5 Å². The van der Waals surface area contributed by atoms with E-state index in [0.29, 0.717) is 22.6 Å². The van der Waals surface area contributed by atoms with Crippen LogP contribution in [0.25, 0.3) is 0 Å². The molecule has 1 aliphatic rings. The molecule has 4 rings (SSSR count). The molecule has 150 valence electrons. The second-order valence-corrected chi connectivity index (χ2v) is 7.74. The molecule has 0 spiro atoms. The zero-order valence-electron chi connectivity index (χ0n) is 15.8. The fourth-order valence-electron chi connectivity index (χ4n) is 3.37. The molecule has 3 amide bonds. The SMILES string of the molecule is O=C(C[C@H]1C(=O)Nc2ccccc2N1C(=O)c1ccc(Br)cc1)Nc1ccccc1. The summed E-state index contributed by atoms with van der Waals surface area (Å²) in [6, 6.07) is 22.0. The van der Waals surface area contributed by atoms with Crippen molar-refractivity contribution in [3.05, 3.63) is 88.9 Å². The summed E-state index contributed by atoms with van der Waals surface area (Å²) in [4.78, 5) is 40.3. The number of halogens is 1. The van der Waals surface area contributed by atoms with Gasteiger partial charge in [-0.05, 0) is 48.5 Å². The molecule has 0 aliphatic carbocycles. The Morgan fingerprint density at radius 3 is 2.33 bits per heavy atom. The van der Waals surface area contributed by atoms with E-state index < -0.39 is 11.9 Å². The van der Waals surface area contributed by atoms with Crippen LogP contribution in [0.4, 0.5) is 17.1 Å². The zero-order valence-corrected chi connectivity index (χ0v) is 17.4. The zero-order chi connectivity index (χ0) is 21.1. The molecule has 0 saturated heterocycles. The molecule has 0 radical (unpaired) electrons. The molecule has 0 fully saturated rings. The van der Waals surface area contributed by atoms with Crippen LogP contribution in [0.3, 0.4) is 0 Å². The maximum Gasteiger partial charge on any atom is 0.259 e. The Bertz CT molecular complexity index is 1100. The van der Waals surface area contributed by atoms with E-state index in [1.54, 1.807) is 60.7 Å². The molecule has 1 heterocycles. The van der Waals surface area contributed by atoms with E-state index in [4.69, 9.17) is 0 Å². The van der Waals surface area contributed by atoms with Crippen LogP contribution in [0.15, 0.2) is 83.3 Å². The van der Waals surface area contributed by atoms with Gasteiger partial charge in [-0.2, -0.15) is 0 Å². The largest absolute Gasteiger partial charge is 0.326 e. The normalized spacial score (nSPS) is 15.2. The lowest BCUT2D eigenvalue weighted by atomic mass is 10.0. The maximum absolute atomic E-state index is 13.4. The van der Waals surface area contributed by atoms with E-state index in [9.17, 15) is 14.4 Å². The number of para-hydroxylation sites is 3. The van der Waals surface area contributed by atoms with Gasteiger partial charge in [-0.3, -0.25) is 19.3 Å². The molecule has 6 nitrogen and oxygen atoms in total. The molecule has 3 aromatic rings. The molecule has 0 aromatic heterocycles. The summed E-state index contributed by atoms with van der Waals surface area (Å²) in [5.74, 6) is -1.10. The van der Waals surface area contributed by atoms with Crippen LogP contribution in [0, 0.1) is 0 Å². The van der Waals surface area contributed by atoms with E-state index in [2.05, 4.69) is 26.6 Å². The number of benzene rings is 3. The van der Waals surface area contributed by atoms with Crippen LogP contribution in [-0.4, -0.2) is 23.8 Å². The summed E-state index contributed by atoms with van der Waals surface area (Å²) in [6.45, 7) is 0. The summed E-state index contributed by atoms with van der Waals surface area (Å²) in [5.41, 5.74) is 2.15. The highest BCUT2D eigenvalue weighted by Crippen LogP contribution is 2.34. The van der Waals surface area contributed by atoms with E-state index in [-0.39, 0.29) is 18.2 Å². The third-order valence-corrected chi connectivity index (χ3v) is 5.31. The lowest BCUT2D eigenvalue weighted by Gasteiger charge is -2.36. The van der Waals surface area contributed by atoms with Crippen LogP contribution in [0.1, 0.15) is 16.8 Å². The Balaban J connectivity index is 1.66. The van der Waals surface area contributed by atoms with E-state index in [0.717, 1.165) is 4.47 Å². The molecular formula is C23H18BrN3O3. The number of fused-ring (bicyclic) bond motifs is 1. The molecule has 7 heteroatoms. The Kier molecular flexibility index (Phi) is 5.63. The van der Waals surface area contributed by atoms with Gasteiger partial charge in [0.05, 0.1) is 17.8 Å². The molecule has 0 unspecified atom stereocenters. The highest BCUT2D eigenvalue weighted by atomic mass is 79.9. The molecule has 1 atom stereocenters. The molecule has 1 aliphatic heterocycles. The van der Waals surface area contributed by atoms with Gasteiger partial charge in [0.25, 0.3) is 5.91 Å². The lowest BCUT2D eigenvalue weighted by Crippen LogP contribution is -2.52. The number of nitrogens with one attached hydrogen (secondary N) is 2. The quantitative estimate of drug-likeness (QED) is 0.599. The number of carbonyl (C=O) groups is 3. The van der Waals surface area contributed by atoms with Crippen LogP contribution in [0.2, 0.25) is 0 Å². The minimum Gasteiger partial charge on any atom is -0.326 e. The average Bonchev–Trinajstić information content (AvgIpc) is 2.75. The summed E-state index contributed by atoms with van der Waals surface area (Å²) < 4.78 is 0.842. The van der Waals surface area contributed by atoms with E-state index in [1.165, 1.54) is 4.90 Å². The Hall–Kier alpha value is -3.45. The van der Waals surface area contributed by atoms with Gasteiger partial charge in [0, 0.05) is 15.7 Å². The van der Waals surface area contributed by atoms with E-state index >= 15 is 0 Å². The summed E-state index contributed by atoms with van der Waals surface area (Å²) in [7, 11) is 0. The predicted octanol–water partition coefficient (Wildman–Crippen LogP) is 4.45. The van der Waals surface area contributed by atoms with Gasteiger partial charge in [-0.15, -0.1) is 0 Å². The third-order valence-electron chi connectivity index (χ3n) is 4.78. The van der Waals surface area contributed by atoms with Gasteiger partial charge < -0.3 is 10.6 Å². The van der Waals surface area contributed by atoms with Gasteiger partial charge in [-0.1, -0.05) is 46.3 Å². The van der Waals surface area contributed by atoms with Crippen molar-refractivity contribution in [2.45, 2.75) is 12.5 Å². The first kappa shape index (κ1) is 19.8. The van der Waals surface area contributed by atoms with Crippen molar-refractivity contribution in [3.63, 3.8) is 0 Å². The van der Waals surface area contributed by atoms with Crippen LogP contribution < -0.4 is 15.5 Å². The minimum atomic E-state index is -0.972. The first-order valence-electron chi connectivity index (χ1n) is 9.37. The van der Waals surface area contributed by atoms with Crippen LogP contribution in [0.5, 0.6) is 0 Å². The molecule has 0 saturated carbocycles. The van der Waals surface area contributed by atoms with Crippen molar-refractivity contribution in [1.29, 1.82) is 0 Å². The minimum absolute atomic E-state index is 0.169. The van der Waals surface area contributed by atoms with Crippen molar-refractivity contribution in [2.24, 2.45) is 0 Å². The molecular weight excluding hydrogens is 446 g/mol. The second-order valence-electron chi connectivity index (χ2n) is 6.82. The van der Waals surface area contributed by atoms with Crippen LogP contribution in [-0.2, 0) is 9.59 Å². The summed E-state index contributed by atoms with van der Waals surface area (Å²) in [6.07, 6.45) is -0.169. The average molecular weight is 464 g/mol. The molecule has 0 bridgehead atoms. The Morgan fingerprint density at radius 2 is 1.60 bits per heavy atom. The monoisotopic (exact) mass is 463 g/mol. The number of nitrogens with zero attached hydrogens (tertiary/aromatic N) is 1. The van der Waals surface area contributed by atoms with Crippen molar-refractivity contribution >= 4 is 50.7 Å². The summed E-state index contributed by atoms with van der Waals surface area (Å²) in [5, 5.41) is 5.58. The lowest BCUT2D eigenvalue weighted by molar-refractivity contribution is -0.122. The number of hydrogen-bond donors (Lipinski definition) is 2. The van der Waals surface area contributed by atoms with Crippen molar-refractivity contribution in [1.82, 2.24) is 0 Å². The smallest absolute Gasteiger partial charge is 0.259 e. The van der Waals surface area contributed by atoms with Crippen LogP contribution >= 0.6 is 15.9 Å². The Labute approximate surface area is 182 Å². The first-order valence-corrected chi connectivity index (χ1v) is 10.2. The van der Waals surface area contributed by atoms with Gasteiger partial charge in [-0.25, -0.2) is 0 Å². The number of hydrogen-bond acceptors (Lipinski definition) is 3. The Morgan fingerprint density at radius 1 is 0.933 bits per heavy atom. The molecule has 3 aromatic carbocycles. The number of rotatable bonds is 4. The first-order chi connectivity index (χ1) is 14.5. The fraction of sp³-hybridized carbons (Fsp3) is 0.0870. The van der Waals surface area contributed by atoms with Crippen molar-refractivity contribution in [2.75, 3.05) is 15.5 Å². The molecule has 2 N–H and O–H groups in total. The van der Waals surface area contributed by atoms with Crippen molar-refractivity contribution in [3.8, 4) is 0 Å². The van der Waals surface area contributed by atoms with Gasteiger partial charge in [0.2, 0.25) is 11.8 Å². The highest BCUT2D eigenvalue weighted by Gasteiger charge is 2.38. The highest BCUT2D eigenvalue weighted by molar-refractivity contribution is 9.10. The third kappa shape index (κ3) is 4.11. The number of carbonyl (C=O) groups excluding carboxylic acids is 3. The van der Waals surface area contributed by atoms with Crippen molar-refractivity contribution < 1.29 is 14.4 Å². The summed E-state index contributed by atoms with van der Waals surface area (Å²) >= 11 is 3.36. The van der Waals surface area contributed by atoms with E-state index in [1.807, 2.05) is 18.2 Å². The fourth-order valence-corrected chi connectivity index (χ4v) is 3.63.